The maximum absolute atomic E-state index is 13.1. The Balaban J connectivity index is 2.12. The van der Waals surface area contributed by atoms with Crippen molar-refractivity contribution in [3.8, 4) is 0 Å². The van der Waals surface area contributed by atoms with Gasteiger partial charge in [-0.1, -0.05) is 18.5 Å². The Bertz CT molecular complexity index is 548. The number of anilines is 1. The molecule has 0 unspecified atom stereocenters. The van der Waals surface area contributed by atoms with E-state index in [1.807, 2.05) is 12.5 Å². The van der Waals surface area contributed by atoms with Crippen LogP contribution >= 0.6 is 27.5 Å². The van der Waals surface area contributed by atoms with E-state index in [2.05, 4.69) is 37.7 Å². The van der Waals surface area contributed by atoms with Gasteiger partial charge in [0.1, 0.15) is 5.82 Å². The Kier molecular flexibility index (Phi) is 4.82. The molecule has 0 saturated carbocycles. The number of aromatic nitrogens is 2. The zero-order valence-electron chi connectivity index (χ0n) is 10.5. The monoisotopic (exact) mass is 345 g/mol. The lowest BCUT2D eigenvalue weighted by Crippen LogP contribution is -2.07. The molecule has 19 heavy (non-hydrogen) atoms. The summed E-state index contributed by atoms with van der Waals surface area (Å²) < 4.78 is 15.8. The maximum atomic E-state index is 13.1. The minimum atomic E-state index is -0.363. The number of nitrogens with one attached hydrogen (secondary N) is 1. The summed E-state index contributed by atoms with van der Waals surface area (Å²) in [5, 5.41) is 3.56. The summed E-state index contributed by atoms with van der Waals surface area (Å²) in [4.78, 5) is 4.13. The molecular formula is C13H14BrClFN3. The third-order valence-corrected chi connectivity index (χ3v) is 3.64. The van der Waals surface area contributed by atoms with Gasteiger partial charge in [-0.15, -0.1) is 0 Å². The first kappa shape index (κ1) is 14.3. The van der Waals surface area contributed by atoms with Crippen molar-refractivity contribution < 1.29 is 4.39 Å². The molecule has 0 aliphatic carbocycles. The van der Waals surface area contributed by atoms with E-state index in [0.29, 0.717) is 21.7 Å². The van der Waals surface area contributed by atoms with Crippen molar-refractivity contribution >= 4 is 33.2 Å². The highest BCUT2D eigenvalue weighted by molar-refractivity contribution is 9.10. The van der Waals surface area contributed by atoms with Crippen molar-refractivity contribution in [2.45, 2.75) is 26.4 Å². The standard InChI is InChI=1S/C13H14BrClFN3/c1-2-3-19-8-17-6-10(19)7-18-13-11(14)4-9(16)5-12(13)15/h4-6,8,18H,2-3,7H2,1H3. The van der Waals surface area contributed by atoms with E-state index >= 15 is 0 Å². The molecule has 0 radical (unpaired) electrons. The largest absolute Gasteiger partial charge is 0.377 e. The average molecular weight is 347 g/mol. The average Bonchev–Trinajstić information content (AvgIpc) is 2.76. The molecule has 6 heteroatoms. The van der Waals surface area contributed by atoms with Crippen molar-refractivity contribution in [1.29, 1.82) is 0 Å². The fourth-order valence-electron chi connectivity index (χ4n) is 1.83. The molecule has 0 aliphatic heterocycles. The van der Waals surface area contributed by atoms with Gasteiger partial charge in [-0.3, -0.25) is 0 Å². The van der Waals surface area contributed by atoms with E-state index < -0.39 is 0 Å². The molecule has 1 aromatic heterocycles. The molecule has 102 valence electrons. The highest BCUT2D eigenvalue weighted by Crippen LogP contribution is 2.31. The predicted octanol–water partition coefficient (Wildman–Crippen LogP) is 4.46. The van der Waals surface area contributed by atoms with Gasteiger partial charge in [-0.2, -0.15) is 0 Å². The number of hydrogen-bond acceptors (Lipinski definition) is 2. The Morgan fingerprint density at radius 2 is 2.26 bits per heavy atom. The fourth-order valence-corrected chi connectivity index (χ4v) is 2.79. The van der Waals surface area contributed by atoms with Crippen LogP contribution in [0.2, 0.25) is 5.02 Å². The summed E-state index contributed by atoms with van der Waals surface area (Å²) in [6, 6.07) is 2.68. The van der Waals surface area contributed by atoms with Gasteiger partial charge in [-0.05, 0) is 34.5 Å². The fraction of sp³-hybridized carbons (Fsp3) is 0.308. The summed E-state index contributed by atoms with van der Waals surface area (Å²) in [6.45, 7) is 3.63. The summed E-state index contributed by atoms with van der Waals surface area (Å²) in [6.07, 6.45) is 4.67. The normalized spacial score (nSPS) is 10.7. The van der Waals surface area contributed by atoms with Crippen molar-refractivity contribution in [1.82, 2.24) is 9.55 Å². The Hall–Kier alpha value is -1.07. The highest BCUT2D eigenvalue weighted by Gasteiger charge is 2.09. The Morgan fingerprint density at radius 1 is 1.47 bits per heavy atom. The summed E-state index contributed by atoms with van der Waals surface area (Å²) in [5.74, 6) is -0.363. The van der Waals surface area contributed by atoms with E-state index in [1.54, 1.807) is 0 Å². The molecule has 0 fully saturated rings. The van der Waals surface area contributed by atoms with E-state index in [0.717, 1.165) is 18.7 Å². The molecule has 2 rings (SSSR count). The third kappa shape index (κ3) is 3.48. The number of imidazole rings is 1. The third-order valence-electron chi connectivity index (χ3n) is 2.72. The van der Waals surface area contributed by atoms with Crippen molar-refractivity contribution in [2.75, 3.05) is 5.32 Å². The molecule has 0 spiro atoms. The van der Waals surface area contributed by atoms with Gasteiger partial charge in [-0.25, -0.2) is 9.37 Å². The zero-order chi connectivity index (χ0) is 13.8. The topological polar surface area (TPSA) is 29.9 Å². The molecule has 0 amide bonds. The molecule has 0 atom stereocenters. The summed E-state index contributed by atoms with van der Waals surface area (Å²) in [5.41, 5.74) is 1.75. The smallest absolute Gasteiger partial charge is 0.125 e. The maximum Gasteiger partial charge on any atom is 0.125 e. The highest BCUT2D eigenvalue weighted by atomic mass is 79.9. The number of hydrogen-bond donors (Lipinski definition) is 1. The van der Waals surface area contributed by atoms with E-state index in [1.165, 1.54) is 12.1 Å². The first-order chi connectivity index (χ1) is 9.11. The molecule has 0 saturated heterocycles. The Morgan fingerprint density at radius 3 is 2.95 bits per heavy atom. The second-order valence-electron chi connectivity index (χ2n) is 4.18. The van der Waals surface area contributed by atoms with Crippen LogP contribution in [0.1, 0.15) is 19.0 Å². The van der Waals surface area contributed by atoms with Crippen LogP contribution in [0.3, 0.4) is 0 Å². The van der Waals surface area contributed by atoms with Crippen molar-refractivity contribution in [3.63, 3.8) is 0 Å². The zero-order valence-corrected chi connectivity index (χ0v) is 12.8. The minimum absolute atomic E-state index is 0.355. The van der Waals surface area contributed by atoms with Crippen LogP contribution in [-0.2, 0) is 13.1 Å². The number of nitrogens with zero attached hydrogens (tertiary/aromatic N) is 2. The Labute approximate surface area is 124 Å². The van der Waals surface area contributed by atoms with Gasteiger partial charge in [0.25, 0.3) is 0 Å². The molecule has 0 aliphatic rings. The predicted molar refractivity (Wildman–Crippen MR) is 79.0 cm³/mol. The van der Waals surface area contributed by atoms with Gasteiger partial charge < -0.3 is 9.88 Å². The van der Waals surface area contributed by atoms with Gasteiger partial charge >= 0.3 is 0 Å². The van der Waals surface area contributed by atoms with Crippen LogP contribution in [0.5, 0.6) is 0 Å². The van der Waals surface area contributed by atoms with Gasteiger partial charge in [0, 0.05) is 17.2 Å². The van der Waals surface area contributed by atoms with Crippen LogP contribution in [0.25, 0.3) is 0 Å². The van der Waals surface area contributed by atoms with Gasteiger partial charge in [0.05, 0.1) is 29.3 Å². The molecule has 0 bridgehead atoms. The molecular weight excluding hydrogens is 333 g/mol. The lowest BCUT2D eigenvalue weighted by molar-refractivity contribution is 0.627. The summed E-state index contributed by atoms with van der Waals surface area (Å²) in [7, 11) is 0. The first-order valence-corrected chi connectivity index (χ1v) is 7.16. The van der Waals surface area contributed by atoms with Crippen LogP contribution in [-0.4, -0.2) is 9.55 Å². The van der Waals surface area contributed by atoms with Crippen LogP contribution in [0.15, 0.2) is 29.1 Å². The lowest BCUT2D eigenvalue weighted by Gasteiger charge is -2.12. The van der Waals surface area contributed by atoms with Crippen molar-refractivity contribution in [2.24, 2.45) is 0 Å². The summed E-state index contributed by atoms with van der Waals surface area (Å²) >= 11 is 9.32. The van der Waals surface area contributed by atoms with Crippen LogP contribution < -0.4 is 5.32 Å². The van der Waals surface area contributed by atoms with Crippen LogP contribution in [0.4, 0.5) is 10.1 Å². The lowest BCUT2D eigenvalue weighted by atomic mass is 10.3. The van der Waals surface area contributed by atoms with Crippen molar-refractivity contribution in [3.05, 3.63) is 45.7 Å². The van der Waals surface area contributed by atoms with Gasteiger partial charge in [0.15, 0.2) is 0 Å². The quantitative estimate of drug-likeness (QED) is 0.866. The number of aryl methyl sites for hydroxylation is 1. The number of benzene rings is 1. The number of halogens is 3. The number of rotatable bonds is 5. The molecule has 1 N–H and O–H groups in total. The molecule has 3 nitrogen and oxygen atoms in total. The van der Waals surface area contributed by atoms with E-state index in [4.69, 9.17) is 11.6 Å². The molecule has 1 aromatic carbocycles. The van der Waals surface area contributed by atoms with E-state index in [-0.39, 0.29) is 5.82 Å². The van der Waals surface area contributed by atoms with E-state index in [9.17, 15) is 4.39 Å². The molecule has 2 aromatic rings. The van der Waals surface area contributed by atoms with Crippen LogP contribution in [0, 0.1) is 5.82 Å². The second-order valence-corrected chi connectivity index (χ2v) is 5.44. The SMILES string of the molecule is CCCn1cncc1CNc1c(Cl)cc(F)cc1Br. The van der Waals surface area contributed by atoms with Gasteiger partial charge in [0.2, 0.25) is 0 Å². The second kappa shape index (κ2) is 6.39. The first-order valence-electron chi connectivity index (χ1n) is 5.99. The minimum Gasteiger partial charge on any atom is -0.377 e. The molecule has 1 heterocycles.